The Bertz CT molecular complexity index is 1800. The van der Waals surface area contributed by atoms with Crippen molar-refractivity contribution in [3.05, 3.63) is 120 Å². The zero-order valence-corrected chi connectivity index (χ0v) is 29.4. The van der Waals surface area contributed by atoms with Crippen LogP contribution in [0.15, 0.2) is 97.3 Å². The van der Waals surface area contributed by atoms with E-state index in [-0.39, 0.29) is 31.5 Å². The summed E-state index contributed by atoms with van der Waals surface area (Å²) < 4.78 is 19.4. The van der Waals surface area contributed by atoms with E-state index in [1.54, 1.807) is 35.9 Å². The molecule has 2 heterocycles. The van der Waals surface area contributed by atoms with Crippen LogP contribution in [0.4, 0.5) is 0 Å². The molecule has 0 bridgehead atoms. The van der Waals surface area contributed by atoms with Gasteiger partial charge in [-0.2, -0.15) is 5.10 Å². The second-order valence-corrected chi connectivity index (χ2v) is 18.5. The van der Waals surface area contributed by atoms with Gasteiger partial charge in [0.2, 0.25) is 0 Å². The molecule has 9 nitrogen and oxygen atoms in total. The normalized spacial score (nSPS) is 12.2. The van der Waals surface area contributed by atoms with Crippen LogP contribution in [0.1, 0.15) is 44.9 Å². The molecule has 0 saturated carbocycles. The number of aromatic nitrogens is 3. The summed E-state index contributed by atoms with van der Waals surface area (Å²) in [6.07, 6.45) is 3.25. The zero-order chi connectivity index (χ0) is 34.1. The molecule has 0 aliphatic heterocycles. The Morgan fingerprint density at radius 3 is 2.21 bits per heavy atom. The first-order valence-electron chi connectivity index (χ1n) is 16.3. The zero-order valence-electron chi connectivity index (χ0n) is 28.4. The van der Waals surface area contributed by atoms with E-state index in [0.29, 0.717) is 35.2 Å². The molecular formula is C38H44N4O5Si. The van der Waals surface area contributed by atoms with Crippen molar-refractivity contribution in [3.8, 4) is 11.1 Å². The van der Waals surface area contributed by atoms with Gasteiger partial charge in [0.05, 0.1) is 43.0 Å². The lowest BCUT2D eigenvalue weighted by Gasteiger charge is -2.29. The van der Waals surface area contributed by atoms with Gasteiger partial charge in [0.25, 0.3) is 5.91 Å². The molecule has 0 fully saturated rings. The van der Waals surface area contributed by atoms with Gasteiger partial charge in [0, 0.05) is 39.1 Å². The smallest absolute Gasteiger partial charge is 0.357 e. The Balaban J connectivity index is 1.51. The van der Waals surface area contributed by atoms with Crippen molar-refractivity contribution in [3.63, 3.8) is 0 Å². The predicted octanol–water partition coefficient (Wildman–Crippen LogP) is 7.62. The van der Waals surface area contributed by atoms with Crippen LogP contribution < -0.4 is 0 Å². The number of fused-ring (bicyclic) bond motifs is 1. The quantitative estimate of drug-likeness (QED) is 0.0646. The molecule has 0 unspecified atom stereocenters. The summed E-state index contributed by atoms with van der Waals surface area (Å²) in [7, 11) is 0.457. The summed E-state index contributed by atoms with van der Waals surface area (Å²) in [6, 6.07) is 28.0. The van der Waals surface area contributed by atoms with Gasteiger partial charge in [-0.05, 0) is 41.8 Å². The molecule has 250 valence electrons. The average molecular weight is 665 g/mol. The summed E-state index contributed by atoms with van der Waals surface area (Å²) in [6.45, 7) is 10.2. The van der Waals surface area contributed by atoms with E-state index >= 15 is 0 Å². The van der Waals surface area contributed by atoms with E-state index in [0.717, 1.165) is 22.7 Å². The van der Waals surface area contributed by atoms with E-state index in [9.17, 15) is 9.59 Å². The van der Waals surface area contributed by atoms with Gasteiger partial charge in [-0.25, -0.2) is 14.5 Å². The van der Waals surface area contributed by atoms with Crippen molar-refractivity contribution < 1.29 is 23.8 Å². The molecule has 0 aliphatic rings. The lowest BCUT2D eigenvalue weighted by atomic mass is 10.0. The fraction of sp³-hybridized carbons (Fsp3) is 0.316. The van der Waals surface area contributed by atoms with E-state index in [1.165, 1.54) is 0 Å². The third-order valence-corrected chi connectivity index (χ3v) is 9.86. The second kappa shape index (κ2) is 16.0. The number of esters is 1. The van der Waals surface area contributed by atoms with Crippen molar-refractivity contribution in [2.24, 2.45) is 0 Å². The first-order valence-corrected chi connectivity index (χ1v) is 20.0. The minimum Gasteiger partial charge on any atom is -0.461 e. The number of rotatable bonds is 15. The Morgan fingerprint density at radius 1 is 0.875 bits per heavy atom. The maximum absolute atomic E-state index is 14.1. The maximum Gasteiger partial charge on any atom is 0.357 e. The highest BCUT2D eigenvalue weighted by atomic mass is 28.3. The second-order valence-electron chi connectivity index (χ2n) is 12.9. The number of carbonyl (C=O) groups is 2. The molecule has 48 heavy (non-hydrogen) atoms. The summed E-state index contributed by atoms with van der Waals surface area (Å²) in [5, 5.41) is 5.14. The fourth-order valence-electron chi connectivity index (χ4n) is 5.42. The van der Waals surface area contributed by atoms with Crippen molar-refractivity contribution in [2.75, 3.05) is 26.9 Å². The molecule has 0 N–H and O–H groups in total. The first-order chi connectivity index (χ1) is 23.2. The number of carbonyl (C=O) groups excluding carboxylic acids is 2. The summed E-state index contributed by atoms with van der Waals surface area (Å²) >= 11 is 0. The van der Waals surface area contributed by atoms with Crippen molar-refractivity contribution in [1.82, 2.24) is 19.7 Å². The first kappa shape index (κ1) is 34.7. The molecule has 2 aromatic heterocycles. The highest BCUT2D eigenvalue weighted by molar-refractivity contribution is 6.76. The number of hydrogen-bond donors (Lipinski definition) is 0. The number of likely N-dealkylation sites (N-methyl/N-ethyl adjacent to an activating group) is 1. The van der Waals surface area contributed by atoms with Gasteiger partial charge in [-0.15, -0.1) is 0 Å². The van der Waals surface area contributed by atoms with Crippen molar-refractivity contribution >= 4 is 30.9 Å². The molecule has 3 aromatic carbocycles. The van der Waals surface area contributed by atoms with Gasteiger partial charge in [0.15, 0.2) is 5.69 Å². The van der Waals surface area contributed by atoms with Gasteiger partial charge >= 0.3 is 5.97 Å². The topological polar surface area (TPSA) is 95.8 Å². The van der Waals surface area contributed by atoms with Crippen LogP contribution in [-0.4, -0.2) is 66.5 Å². The summed E-state index contributed by atoms with van der Waals surface area (Å²) in [5.74, 6) is -0.712. The van der Waals surface area contributed by atoms with Crippen LogP contribution >= 0.6 is 0 Å². The molecule has 1 atom stereocenters. The molecular weight excluding hydrogens is 621 g/mol. The molecule has 10 heteroatoms. The molecule has 0 saturated heterocycles. The highest BCUT2D eigenvalue weighted by Gasteiger charge is 2.29. The third-order valence-electron chi connectivity index (χ3n) is 8.15. The predicted molar refractivity (Wildman–Crippen MR) is 190 cm³/mol. The minimum absolute atomic E-state index is 0.165. The van der Waals surface area contributed by atoms with E-state index in [4.69, 9.17) is 14.2 Å². The standard InChI is InChI=1S/C38H44N4O5Si/c1-6-47-38(44)35-33-24-40-42(27-45-21-22-48(3,4)5)36(33)32(23-39-35)34(26-46-25-28-13-9-7-10-14-28)41(2)37(43)31-19-17-30(18-20-31)29-15-11-8-12-16-29/h7-20,23-24,34H,6,21-22,25-27H2,1-5H3/t34-/m1/s1. The van der Waals surface area contributed by atoms with Crippen LogP contribution in [0.3, 0.4) is 0 Å². The van der Waals surface area contributed by atoms with Gasteiger partial charge in [0.1, 0.15) is 6.73 Å². The summed E-state index contributed by atoms with van der Waals surface area (Å²) in [4.78, 5) is 33.3. The van der Waals surface area contributed by atoms with Crippen LogP contribution in [0.2, 0.25) is 25.7 Å². The number of hydrogen-bond acceptors (Lipinski definition) is 7. The van der Waals surface area contributed by atoms with Crippen LogP contribution in [0.5, 0.6) is 0 Å². The van der Waals surface area contributed by atoms with Crippen molar-refractivity contribution in [2.45, 2.75) is 52.0 Å². The average Bonchev–Trinajstić information content (AvgIpc) is 3.52. The van der Waals surface area contributed by atoms with Gasteiger partial charge < -0.3 is 19.1 Å². The SMILES string of the molecule is CCOC(=O)c1ncc([C@@H](COCc2ccccc2)N(C)C(=O)c2ccc(-c3ccccc3)cc2)c2c1cnn2COCC[Si](C)(C)C. The van der Waals surface area contributed by atoms with Gasteiger partial charge in [-0.1, -0.05) is 92.4 Å². The lowest BCUT2D eigenvalue weighted by Crippen LogP contribution is -2.34. The third kappa shape index (κ3) is 8.63. The fourth-order valence-corrected chi connectivity index (χ4v) is 6.17. The Kier molecular flexibility index (Phi) is 11.5. The number of ether oxygens (including phenoxy) is 3. The molecule has 0 radical (unpaired) electrons. The van der Waals surface area contributed by atoms with Crippen LogP contribution in [-0.2, 0) is 27.5 Å². The Hall–Kier alpha value is -4.64. The molecule has 0 aliphatic carbocycles. The van der Waals surface area contributed by atoms with E-state index < -0.39 is 20.1 Å². The molecule has 5 aromatic rings. The van der Waals surface area contributed by atoms with Crippen LogP contribution in [0, 0.1) is 0 Å². The molecule has 5 rings (SSSR count). The molecule has 1 amide bonds. The number of amides is 1. The molecule has 0 spiro atoms. The Morgan fingerprint density at radius 2 is 1.54 bits per heavy atom. The number of nitrogens with zero attached hydrogens (tertiary/aromatic N) is 4. The van der Waals surface area contributed by atoms with E-state index in [1.807, 2.05) is 84.9 Å². The van der Waals surface area contributed by atoms with Gasteiger partial charge in [-0.3, -0.25) is 4.79 Å². The largest absolute Gasteiger partial charge is 0.461 e. The number of pyridine rings is 1. The maximum atomic E-state index is 14.1. The number of benzene rings is 3. The van der Waals surface area contributed by atoms with Crippen molar-refractivity contribution in [1.29, 1.82) is 0 Å². The highest BCUT2D eigenvalue weighted by Crippen LogP contribution is 2.31. The monoisotopic (exact) mass is 664 g/mol. The minimum atomic E-state index is -1.31. The van der Waals surface area contributed by atoms with E-state index in [2.05, 4.69) is 29.7 Å². The Labute approximate surface area is 283 Å². The lowest BCUT2D eigenvalue weighted by molar-refractivity contribution is 0.0449. The van der Waals surface area contributed by atoms with Crippen LogP contribution in [0.25, 0.3) is 22.0 Å². The summed E-state index contributed by atoms with van der Waals surface area (Å²) in [5.41, 5.74) is 5.16.